The maximum absolute atomic E-state index is 11.7. The molecule has 0 heterocycles. The van der Waals surface area contributed by atoms with Crippen LogP contribution in [0.1, 0.15) is 32.1 Å². The molecule has 1 saturated carbocycles. The van der Waals surface area contributed by atoms with Crippen molar-refractivity contribution < 1.29 is 14.3 Å². The first-order valence-corrected chi connectivity index (χ1v) is 6.76. The van der Waals surface area contributed by atoms with Crippen LogP contribution in [0.5, 0.6) is 0 Å². The highest BCUT2D eigenvalue weighted by Crippen LogP contribution is 2.42. The van der Waals surface area contributed by atoms with Gasteiger partial charge in [0.1, 0.15) is 0 Å². The molecule has 5 heteroatoms. The molecule has 106 valence electrons. The van der Waals surface area contributed by atoms with Crippen molar-refractivity contribution in [1.82, 2.24) is 5.32 Å². The maximum atomic E-state index is 11.7. The van der Waals surface area contributed by atoms with E-state index in [-0.39, 0.29) is 11.3 Å². The fourth-order valence-electron chi connectivity index (χ4n) is 2.18. The maximum Gasteiger partial charge on any atom is 0.220 e. The Balaban J connectivity index is 1.97. The molecule has 0 spiro atoms. The van der Waals surface area contributed by atoms with E-state index in [1.807, 2.05) is 0 Å². The lowest BCUT2D eigenvalue weighted by molar-refractivity contribution is -0.124. The summed E-state index contributed by atoms with van der Waals surface area (Å²) in [6.45, 7) is 3.19. The predicted molar refractivity (Wildman–Crippen MR) is 70.3 cm³/mol. The molecule has 0 saturated heterocycles. The van der Waals surface area contributed by atoms with Gasteiger partial charge in [-0.25, -0.2) is 0 Å². The average Bonchev–Trinajstić information content (AvgIpc) is 2.33. The molecule has 1 aliphatic carbocycles. The van der Waals surface area contributed by atoms with Crippen molar-refractivity contribution >= 4 is 5.91 Å². The fraction of sp³-hybridized carbons (Fsp3) is 0.923. The van der Waals surface area contributed by atoms with E-state index < -0.39 is 0 Å². The highest BCUT2D eigenvalue weighted by molar-refractivity contribution is 5.76. The zero-order valence-electron chi connectivity index (χ0n) is 11.4. The van der Waals surface area contributed by atoms with Crippen LogP contribution in [0.25, 0.3) is 0 Å². The van der Waals surface area contributed by atoms with Crippen LogP contribution in [0.4, 0.5) is 0 Å². The van der Waals surface area contributed by atoms with E-state index in [9.17, 15) is 4.79 Å². The van der Waals surface area contributed by atoms with Crippen molar-refractivity contribution in [2.24, 2.45) is 11.1 Å². The SMILES string of the molecule is COCCOCCCNC(=O)CC1(CN)CCC1. The van der Waals surface area contributed by atoms with Crippen LogP contribution in [0, 0.1) is 5.41 Å². The van der Waals surface area contributed by atoms with Gasteiger partial charge in [0.2, 0.25) is 5.91 Å². The van der Waals surface area contributed by atoms with Gasteiger partial charge in [0, 0.05) is 26.7 Å². The van der Waals surface area contributed by atoms with E-state index in [4.69, 9.17) is 15.2 Å². The molecule has 0 aromatic carbocycles. The number of amides is 1. The molecular weight excluding hydrogens is 232 g/mol. The fourth-order valence-corrected chi connectivity index (χ4v) is 2.18. The van der Waals surface area contributed by atoms with E-state index >= 15 is 0 Å². The Morgan fingerprint density at radius 2 is 2.11 bits per heavy atom. The van der Waals surface area contributed by atoms with Crippen molar-refractivity contribution in [1.29, 1.82) is 0 Å². The van der Waals surface area contributed by atoms with Gasteiger partial charge in [0.05, 0.1) is 13.2 Å². The minimum atomic E-state index is 0.0963. The number of nitrogens with two attached hydrogens (primary N) is 1. The van der Waals surface area contributed by atoms with E-state index in [1.165, 1.54) is 6.42 Å². The lowest BCUT2D eigenvalue weighted by atomic mass is 9.66. The Bertz CT molecular complexity index is 237. The van der Waals surface area contributed by atoms with Crippen molar-refractivity contribution in [3.05, 3.63) is 0 Å². The van der Waals surface area contributed by atoms with Crippen LogP contribution >= 0.6 is 0 Å². The van der Waals surface area contributed by atoms with E-state index in [1.54, 1.807) is 7.11 Å². The summed E-state index contributed by atoms with van der Waals surface area (Å²) in [5, 5.41) is 2.93. The number of nitrogens with one attached hydrogen (secondary N) is 1. The van der Waals surface area contributed by atoms with Crippen LogP contribution in [0.3, 0.4) is 0 Å². The van der Waals surface area contributed by atoms with Crippen molar-refractivity contribution in [3.8, 4) is 0 Å². The average molecular weight is 258 g/mol. The Kier molecular flexibility index (Phi) is 7.23. The molecule has 3 N–H and O–H groups in total. The van der Waals surface area contributed by atoms with Gasteiger partial charge in [0.15, 0.2) is 0 Å². The minimum absolute atomic E-state index is 0.0963. The molecule has 0 bridgehead atoms. The van der Waals surface area contributed by atoms with Gasteiger partial charge in [-0.3, -0.25) is 4.79 Å². The molecule has 18 heavy (non-hydrogen) atoms. The summed E-state index contributed by atoms with van der Waals surface area (Å²) in [4.78, 5) is 11.7. The van der Waals surface area contributed by atoms with Gasteiger partial charge in [-0.05, 0) is 31.2 Å². The molecule has 0 radical (unpaired) electrons. The Morgan fingerprint density at radius 3 is 2.67 bits per heavy atom. The zero-order valence-corrected chi connectivity index (χ0v) is 11.4. The molecular formula is C13H26N2O3. The second-order valence-corrected chi connectivity index (χ2v) is 5.04. The Morgan fingerprint density at radius 1 is 1.33 bits per heavy atom. The lowest BCUT2D eigenvalue weighted by Gasteiger charge is -2.40. The van der Waals surface area contributed by atoms with Crippen molar-refractivity contribution in [3.63, 3.8) is 0 Å². The molecule has 5 nitrogen and oxygen atoms in total. The number of hydrogen-bond acceptors (Lipinski definition) is 4. The smallest absolute Gasteiger partial charge is 0.220 e. The molecule has 0 unspecified atom stereocenters. The normalized spacial score (nSPS) is 17.2. The van der Waals surface area contributed by atoms with Crippen molar-refractivity contribution in [2.75, 3.05) is 40.0 Å². The third-order valence-corrected chi connectivity index (χ3v) is 3.60. The molecule has 0 aromatic heterocycles. The van der Waals surface area contributed by atoms with Crippen LogP contribution in [-0.2, 0) is 14.3 Å². The van der Waals surface area contributed by atoms with Crippen LogP contribution < -0.4 is 11.1 Å². The monoisotopic (exact) mass is 258 g/mol. The largest absolute Gasteiger partial charge is 0.382 e. The predicted octanol–water partition coefficient (Wildman–Crippen LogP) is 0.675. The Labute approximate surface area is 109 Å². The first-order chi connectivity index (χ1) is 8.72. The van der Waals surface area contributed by atoms with Crippen LogP contribution in [-0.4, -0.2) is 45.9 Å². The first kappa shape index (κ1) is 15.4. The summed E-state index contributed by atoms with van der Waals surface area (Å²) in [7, 11) is 1.65. The van der Waals surface area contributed by atoms with Gasteiger partial charge in [-0.1, -0.05) is 6.42 Å². The number of rotatable bonds is 10. The molecule has 1 aliphatic rings. The first-order valence-electron chi connectivity index (χ1n) is 6.76. The number of methoxy groups -OCH3 is 1. The Hall–Kier alpha value is -0.650. The lowest BCUT2D eigenvalue weighted by Crippen LogP contribution is -2.42. The third-order valence-electron chi connectivity index (χ3n) is 3.60. The van der Waals surface area contributed by atoms with Gasteiger partial charge in [0.25, 0.3) is 0 Å². The summed E-state index contributed by atoms with van der Waals surface area (Å²) < 4.78 is 10.2. The van der Waals surface area contributed by atoms with E-state index in [0.717, 1.165) is 19.3 Å². The number of hydrogen-bond donors (Lipinski definition) is 2. The second kappa shape index (κ2) is 8.45. The van der Waals surface area contributed by atoms with Gasteiger partial charge >= 0.3 is 0 Å². The van der Waals surface area contributed by atoms with Gasteiger partial charge < -0.3 is 20.5 Å². The van der Waals surface area contributed by atoms with E-state index in [2.05, 4.69) is 5.32 Å². The van der Waals surface area contributed by atoms with Crippen molar-refractivity contribution in [2.45, 2.75) is 32.1 Å². The summed E-state index contributed by atoms with van der Waals surface area (Å²) in [6.07, 6.45) is 4.81. The summed E-state index contributed by atoms with van der Waals surface area (Å²) in [6, 6.07) is 0. The molecule has 1 fully saturated rings. The number of carbonyl (C=O) groups excluding carboxylic acids is 1. The molecule has 0 aromatic rings. The van der Waals surface area contributed by atoms with E-state index in [0.29, 0.717) is 39.3 Å². The van der Waals surface area contributed by atoms with Gasteiger partial charge in [-0.2, -0.15) is 0 Å². The molecule has 1 amide bonds. The molecule has 0 aliphatic heterocycles. The third kappa shape index (κ3) is 5.33. The second-order valence-electron chi connectivity index (χ2n) is 5.04. The summed E-state index contributed by atoms with van der Waals surface area (Å²) >= 11 is 0. The standard InChI is InChI=1S/C13H26N2O3/c1-17-8-9-18-7-3-6-15-12(16)10-13(11-14)4-2-5-13/h2-11,14H2,1H3,(H,15,16). The highest BCUT2D eigenvalue weighted by Gasteiger charge is 2.37. The van der Waals surface area contributed by atoms with Crippen LogP contribution in [0.15, 0.2) is 0 Å². The topological polar surface area (TPSA) is 73.6 Å². The van der Waals surface area contributed by atoms with Gasteiger partial charge in [-0.15, -0.1) is 0 Å². The molecule has 0 atom stereocenters. The summed E-state index contributed by atoms with van der Waals surface area (Å²) in [5.74, 6) is 0.122. The minimum Gasteiger partial charge on any atom is -0.382 e. The quantitative estimate of drug-likeness (QED) is 0.565. The molecule has 1 rings (SSSR count). The summed E-state index contributed by atoms with van der Waals surface area (Å²) in [5.41, 5.74) is 5.82. The van der Waals surface area contributed by atoms with Crippen LogP contribution in [0.2, 0.25) is 0 Å². The highest BCUT2D eigenvalue weighted by atomic mass is 16.5. The number of carbonyl (C=O) groups is 1. The number of ether oxygens (including phenoxy) is 2. The zero-order chi connectivity index (χ0) is 13.3.